The van der Waals surface area contributed by atoms with Crippen LogP contribution in [0, 0.1) is 5.41 Å². The van der Waals surface area contributed by atoms with Gasteiger partial charge in [0.05, 0.1) is 4.90 Å². The number of nitrogens with one attached hydrogen (secondary N) is 1. The zero-order valence-corrected chi connectivity index (χ0v) is 16.1. The lowest BCUT2D eigenvalue weighted by atomic mass is 9.75. The molecule has 0 saturated heterocycles. The Morgan fingerprint density at radius 1 is 1.23 bits per heavy atom. The number of benzene rings is 1. The Kier molecular flexibility index (Phi) is 5.69. The fraction of sp³-hybridized carbons (Fsp3) is 0.632. The van der Waals surface area contributed by atoms with Gasteiger partial charge in [-0.25, -0.2) is 13.1 Å². The average molecular weight is 381 g/mol. The van der Waals surface area contributed by atoms with E-state index in [2.05, 4.69) is 4.72 Å². The number of carbonyl (C=O) groups is 1. The van der Waals surface area contributed by atoms with Gasteiger partial charge in [-0.15, -0.1) is 0 Å². The average Bonchev–Trinajstić information content (AvgIpc) is 2.66. The second-order valence-corrected chi connectivity index (χ2v) is 9.43. The highest BCUT2D eigenvalue weighted by Gasteiger charge is 2.33. The minimum absolute atomic E-state index is 0.00391. The van der Waals surface area contributed by atoms with Crippen molar-refractivity contribution < 1.29 is 18.3 Å². The topological polar surface area (TPSA) is 86.7 Å². The van der Waals surface area contributed by atoms with E-state index in [1.165, 1.54) is 6.92 Å². The molecule has 1 aliphatic heterocycles. The second kappa shape index (κ2) is 7.66. The van der Waals surface area contributed by atoms with Crippen molar-refractivity contribution in [3.63, 3.8) is 0 Å². The molecule has 7 heteroatoms. The fourth-order valence-corrected chi connectivity index (χ4v) is 5.20. The molecule has 26 heavy (non-hydrogen) atoms. The summed E-state index contributed by atoms with van der Waals surface area (Å²) in [6, 6.07) is 5.17. The Hall–Kier alpha value is -1.44. The molecule has 0 bridgehead atoms. The van der Waals surface area contributed by atoms with Gasteiger partial charge in [0, 0.05) is 38.6 Å². The van der Waals surface area contributed by atoms with Gasteiger partial charge in [-0.2, -0.15) is 0 Å². The van der Waals surface area contributed by atoms with Gasteiger partial charge in [0.15, 0.2) is 0 Å². The van der Waals surface area contributed by atoms with E-state index in [0.717, 1.165) is 49.7 Å². The largest absolute Gasteiger partial charge is 0.396 e. The Morgan fingerprint density at radius 2 is 1.96 bits per heavy atom. The second-order valence-electron chi connectivity index (χ2n) is 7.66. The van der Waals surface area contributed by atoms with E-state index in [1.54, 1.807) is 17.0 Å². The number of hydrogen-bond donors (Lipinski definition) is 2. The van der Waals surface area contributed by atoms with Crippen LogP contribution >= 0.6 is 0 Å². The summed E-state index contributed by atoms with van der Waals surface area (Å²) in [5.74, 6) is 0.00391. The van der Waals surface area contributed by atoms with E-state index in [0.29, 0.717) is 13.1 Å². The number of nitrogens with zero attached hydrogens (tertiary/aromatic N) is 1. The lowest BCUT2D eigenvalue weighted by Crippen LogP contribution is -2.41. The molecule has 6 nitrogen and oxygen atoms in total. The summed E-state index contributed by atoms with van der Waals surface area (Å²) in [6.07, 6.45) is 5.65. The third-order valence-corrected chi connectivity index (χ3v) is 7.23. The maximum atomic E-state index is 12.8. The van der Waals surface area contributed by atoms with Gasteiger partial charge in [-0.3, -0.25) is 4.79 Å². The van der Waals surface area contributed by atoms with Crippen LogP contribution < -0.4 is 4.72 Å². The first-order valence-corrected chi connectivity index (χ1v) is 10.8. The predicted molar refractivity (Wildman–Crippen MR) is 99.0 cm³/mol. The van der Waals surface area contributed by atoms with Crippen LogP contribution in [0.2, 0.25) is 0 Å². The molecular weight excluding hydrogens is 352 g/mol. The Bertz CT molecular complexity index is 770. The minimum Gasteiger partial charge on any atom is -0.396 e. The maximum Gasteiger partial charge on any atom is 0.240 e. The first kappa shape index (κ1) is 19.3. The van der Waals surface area contributed by atoms with E-state index in [-0.39, 0.29) is 29.4 Å². The zero-order chi connectivity index (χ0) is 18.8. The third-order valence-electron chi connectivity index (χ3n) is 5.83. The third kappa shape index (κ3) is 4.10. The molecule has 0 aromatic heterocycles. The van der Waals surface area contributed by atoms with Crippen molar-refractivity contribution in [2.45, 2.75) is 56.9 Å². The number of fused-ring (bicyclic) bond motifs is 1. The van der Waals surface area contributed by atoms with E-state index >= 15 is 0 Å². The van der Waals surface area contributed by atoms with Crippen LogP contribution in [0.15, 0.2) is 23.1 Å². The molecule has 2 aliphatic rings. The van der Waals surface area contributed by atoms with Crippen molar-refractivity contribution in [3.8, 4) is 0 Å². The number of hydrogen-bond acceptors (Lipinski definition) is 4. The van der Waals surface area contributed by atoms with Gasteiger partial charge in [-0.05, 0) is 42.5 Å². The summed E-state index contributed by atoms with van der Waals surface area (Å²) >= 11 is 0. The monoisotopic (exact) mass is 380 g/mol. The van der Waals surface area contributed by atoms with Gasteiger partial charge in [0.2, 0.25) is 15.9 Å². The van der Waals surface area contributed by atoms with Crippen LogP contribution in [-0.4, -0.2) is 44.0 Å². The van der Waals surface area contributed by atoms with Crippen molar-refractivity contribution in [1.82, 2.24) is 9.62 Å². The molecule has 144 valence electrons. The van der Waals surface area contributed by atoms with Crippen LogP contribution in [0.5, 0.6) is 0 Å². The van der Waals surface area contributed by atoms with Crippen LogP contribution in [0.4, 0.5) is 0 Å². The molecule has 1 saturated carbocycles. The Labute approximate surface area is 155 Å². The highest BCUT2D eigenvalue weighted by molar-refractivity contribution is 7.89. The van der Waals surface area contributed by atoms with E-state index in [9.17, 15) is 18.3 Å². The van der Waals surface area contributed by atoms with E-state index in [1.807, 2.05) is 6.07 Å². The number of amides is 1. The zero-order valence-electron chi connectivity index (χ0n) is 15.3. The van der Waals surface area contributed by atoms with Gasteiger partial charge in [-0.1, -0.05) is 25.3 Å². The summed E-state index contributed by atoms with van der Waals surface area (Å²) in [5.41, 5.74) is 1.65. The van der Waals surface area contributed by atoms with Crippen LogP contribution in [0.3, 0.4) is 0 Å². The van der Waals surface area contributed by atoms with Crippen molar-refractivity contribution in [3.05, 3.63) is 29.3 Å². The first-order valence-electron chi connectivity index (χ1n) is 9.33. The van der Waals surface area contributed by atoms with Gasteiger partial charge in [0.1, 0.15) is 0 Å². The fourth-order valence-electron chi connectivity index (χ4n) is 3.99. The molecule has 0 radical (unpaired) electrons. The number of sulfonamides is 1. The Morgan fingerprint density at radius 3 is 2.62 bits per heavy atom. The summed E-state index contributed by atoms with van der Waals surface area (Å²) in [4.78, 5) is 13.6. The van der Waals surface area contributed by atoms with Gasteiger partial charge >= 0.3 is 0 Å². The Balaban J connectivity index is 1.75. The molecule has 1 aromatic carbocycles. The smallest absolute Gasteiger partial charge is 0.240 e. The first-order chi connectivity index (χ1) is 12.4. The molecule has 2 N–H and O–H groups in total. The highest BCUT2D eigenvalue weighted by Crippen LogP contribution is 2.35. The number of carbonyl (C=O) groups excluding carboxylic acids is 1. The number of aliphatic hydroxyl groups excluding tert-OH is 1. The molecular formula is C19H28N2O4S. The normalized spacial score (nSPS) is 19.8. The van der Waals surface area contributed by atoms with Crippen LogP contribution in [0.1, 0.15) is 50.2 Å². The minimum atomic E-state index is -3.64. The number of rotatable bonds is 5. The van der Waals surface area contributed by atoms with Gasteiger partial charge < -0.3 is 10.0 Å². The molecule has 1 heterocycles. The summed E-state index contributed by atoms with van der Waals surface area (Å²) in [5, 5.41) is 9.78. The van der Waals surface area contributed by atoms with Crippen molar-refractivity contribution in [2.24, 2.45) is 5.41 Å². The molecule has 0 unspecified atom stereocenters. The molecule has 1 fully saturated rings. The van der Waals surface area contributed by atoms with Gasteiger partial charge in [0.25, 0.3) is 0 Å². The summed E-state index contributed by atoms with van der Waals surface area (Å²) < 4.78 is 28.2. The standard InChI is InChI=1S/C19H28N2O4S/c1-15(23)21-10-7-16-5-6-18(11-17(16)12-21)26(24,25)20-13-19(14-22)8-3-2-4-9-19/h5-6,11,20,22H,2-4,7-10,12-14H2,1H3. The SMILES string of the molecule is CC(=O)N1CCc2ccc(S(=O)(=O)NCC3(CO)CCCCC3)cc2C1. The predicted octanol–water partition coefficient (Wildman–Crippen LogP) is 1.81. The molecule has 1 aliphatic carbocycles. The molecule has 0 atom stereocenters. The molecule has 0 spiro atoms. The lowest BCUT2D eigenvalue weighted by Gasteiger charge is -2.35. The highest BCUT2D eigenvalue weighted by atomic mass is 32.2. The summed E-state index contributed by atoms with van der Waals surface area (Å²) in [6.45, 7) is 2.93. The quantitative estimate of drug-likeness (QED) is 0.816. The lowest BCUT2D eigenvalue weighted by molar-refractivity contribution is -0.129. The molecule has 1 aromatic rings. The van der Waals surface area contributed by atoms with Crippen molar-refractivity contribution in [1.29, 1.82) is 0 Å². The van der Waals surface area contributed by atoms with Crippen LogP contribution in [-0.2, 0) is 27.8 Å². The molecule has 3 rings (SSSR count). The van der Waals surface area contributed by atoms with E-state index < -0.39 is 10.0 Å². The summed E-state index contributed by atoms with van der Waals surface area (Å²) in [7, 11) is -3.64. The van der Waals surface area contributed by atoms with Crippen LogP contribution in [0.25, 0.3) is 0 Å². The maximum absolute atomic E-state index is 12.8. The van der Waals surface area contributed by atoms with Crippen molar-refractivity contribution in [2.75, 3.05) is 19.7 Å². The molecule has 1 amide bonds. The van der Waals surface area contributed by atoms with Crippen molar-refractivity contribution >= 4 is 15.9 Å². The number of aliphatic hydroxyl groups is 1. The van der Waals surface area contributed by atoms with E-state index in [4.69, 9.17) is 0 Å².